The molecule has 0 radical (unpaired) electrons. The predicted molar refractivity (Wildman–Crippen MR) is 107 cm³/mol. The highest BCUT2D eigenvalue weighted by Gasteiger charge is 2.18. The lowest BCUT2D eigenvalue weighted by Crippen LogP contribution is -2.11. The van der Waals surface area contributed by atoms with Gasteiger partial charge in [0, 0.05) is 25.7 Å². The molecule has 0 unspecified atom stereocenters. The van der Waals surface area contributed by atoms with Gasteiger partial charge in [-0.05, 0) is 41.8 Å². The SMILES string of the molecule is CC(C)n1c(Br)nc2c(NCc3ccccc3)nc(NCCCO)nc21. The fourth-order valence-corrected chi connectivity index (χ4v) is 3.42. The molecule has 7 nitrogen and oxygen atoms in total. The van der Waals surface area contributed by atoms with E-state index in [0.717, 1.165) is 21.5 Å². The van der Waals surface area contributed by atoms with Crippen molar-refractivity contribution >= 4 is 38.9 Å². The summed E-state index contributed by atoms with van der Waals surface area (Å²) in [4.78, 5) is 13.8. The first-order valence-corrected chi connectivity index (χ1v) is 9.47. The largest absolute Gasteiger partial charge is 0.396 e. The van der Waals surface area contributed by atoms with Crippen molar-refractivity contribution < 1.29 is 5.11 Å². The molecular formula is C18H23BrN6O. The molecule has 0 fully saturated rings. The number of hydrogen-bond donors (Lipinski definition) is 3. The molecule has 0 aliphatic rings. The van der Waals surface area contributed by atoms with E-state index >= 15 is 0 Å². The summed E-state index contributed by atoms with van der Waals surface area (Å²) in [5, 5.41) is 15.5. The molecule has 8 heteroatoms. The van der Waals surface area contributed by atoms with Crippen LogP contribution in [0.3, 0.4) is 0 Å². The van der Waals surface area contributed by atoms with Crippen LogP contribution in [-0.2, 0) is 6.54 Å². The van der Waals surface area contributed by atoms with Crippen LogP contribution in [0, 0.1) is 0 Å². The third kappa shape index (κ3) is 4.13. The molecule has 0 bridgehead atoms. The molecule has 2 aromatic heterocycles. The number of fused-ring (bicyclic) bond motifs is 1. The normalized spacial score (nSPS) is 11.3. The number of nitrogens with zero attached hydrogens (tertiary/aromatic N) is 4. The van der Waals surface area contributed by atoms with Crippen LogP contribution in [0.1, 0.15) is 31.9 Å². The highest BCUT2D eigenvalue weighted by molar-refractivity contribution is 9.10. The molecule has 26 heavy (non-hydrogen) atoms. The Hall–Kier alpha value is -2.19. The average Bonchev–Trinajstić information content (AvgIpc) is 2.97. The van der Waals surface area contributed by atoms with Gasteiger partial charge in [0.15, 0.2) is 21.7 Å². The van der Waals surface area contributed by atoms with Crippen molar-refractivity contribution in [3.8, 4) is 0 Å². The fraction of sp³-hybridized carbons (Fsp3) is 0.389. The molecule has 0 atom stereocenters. The fourth-order valence-electron chi connectivity index (χ4n) is 2.67. The van der Waals surface area contributed by atoms with Crippen molar-refractivity contribution in [2.75, 3.05) is 23.8 Å². The van der Waals surface area contributed by atoms with Gasteiger partial charge in [-0.2, -0.15) is 9.97 Å². The molecule has 0 saturated heterocycles. The maximum absolute atomic E-state index is 8.99. The van der Waals surface area contributed by atoms with E-state index in [1.54, 1.807) is 0 Å². The Balaban J connectivity index is 1.97. The first-order valence-electron chi connectivity index (χ1n) is 8.68. The van der Waals surface area contributed by atoms with Crippen LogP contribution >= 0.6 is 15.9 Å². The van der Waals surface area contributed by atoms with E-state index in [9.17, 15) is 0 Å². The first-order chi connectivity index (χ1) is 12.6. The zero-order valence-corrected chi connectivity index (χ0v) is 16.5. The number of aliphatic hydroxyl groups is 1. The summed E-state index contributed by atoms with van der Waals surface area (Å²) in [5.74, 6) is 1.21. The zero-order valence-electron chi connectivity index (χ0n) is 14.9. The summed E-state index contributed by atoms with van der Waals surface area (Å²) in [5.41, 5.74) is 2.66. The second kappa shape index (κ2) is 8.46. The van der Waals surface area contributed by atoms with Crippen molar-refractivity contribution in [1.29, 1.82) is 0 Å². The van der Waals surface area contributed by atoms with Crippen LogP contribution in [0.25, 0.3) is 11.2 Å². The number of hydrogen-bond acceptors (Lipinski definition) is 6. The van der Waals surface area contributed by atoms with E-state index in [0.29, 0.717) is 31.3 Å². The van der Waals surface area contributed by atoms with Crippen LogP contribution in [0.5, 0.6) is 0 Å². The number of nitrogens with one attached hydrogen (secondary N) is 2. The summed E-state index contributed by atoms with van der Waals surface area (Å²) in [7, 11) is 0. The standard InChI is InChI=1S/C18H23BrN6O/c1-12(2)25-16-14(22-17(25)19)15(21-11-13-7-4-3-5-8-13)23-18(24-16)20-9-6-10-26/h3-5,7-8,12,26H,6,9-11H2,1-2H3,(H2,20,21,23,24). The highest BCUT2D eigenvalue weighted by atomic mass is 79.9. The third-order valence-electron chi connectivity index (χ3n) is 3.93. The van der Waals surface area contributed by atoms with E-state index in [1.165, 1.54) is 0 Å². The van der Waals surface area contributed by atoms with Gasteiger partial charge in [-0.1, -0.05) is 30.3 Å². The first kappa shape index (κ1) is 18.6. The van der Waals surface area contributed by atoms with Crippen molar-refractivity contribution in [1.82, 2.24) is 19.5 Å². The molecule has 0 aliphatic heterocycles. The summed E-state index contributed by atoms with van der Waals surface area (Å²) in [6.07, 6.45) is 0.640. The van der Waals surface area contributed by atoms with Crippen LogP contribution < -0.4 is 10.6 Å². The Morgan fingerprint density at radius 1 is 1.12 bits per heavy atom. The summed E-state index contributed by atoms with van der Waals surface area (Å²) in [6, 6.07) is 10.4. The molecular weight excluding hydrogens is 396 g/mol. The van der Waals surface area contributed by atoms with E-state index in [2.05, 4.69) is 67.5 Å². The molecule has 0 spiro atoms. The Morgan fingerprint density at radius 2 is 1.88 bits per heavy atom. The number of aliphatic hydroxyl groups excluding tert-OH is 1. The minimum Gasteiger partial charge on any atom is -0.396 e. The number of imidazole rings is 1. The average molecular weight is 419 g/mol. The molecule has 0 saturated carbocycles. The van der Waals surface area contributed by atoms with E-state index in [-0.39, 0.29) is 12.6 Å². The Bertz CT molecular complexity index is 865. The molecule has 138 valence electrons. The summed E-state index contributed by atoms with van der Waals surface area (Å²) in [6.45, 7) is 5.56. The molecule has 0 amide bonds. The van der Waals surface area contributed by atoms with E-state index < -0.39 is 0 Å². The molecule has 0 aliphatic carbocycles. The molecule has 3 aromatic rings. The van der Waals surface area contributed by atoms with Crippen molar-refractivity contribution in [2.45, 2.75) is 32.9 Å². The maximum Gasteiger partial charge on any atom is 0.226 e. The topological polar surface area (TPSA) is 87.9 Å². The smallest absolute Gasteiger partial charge is 0.226 e. The van der Waals surface area contributed by atoms with Gasteiger partial charge in [0.1, 0.15) is 0 Å². The Kier molecular flexibility index (Phi) is 6.05. The molecule has 1 aromatic carbocycles. The van der Waals surface area contributed by atoms with Gasteiger partial charge in [-0.15, -0.1) is 0 Å². The van der Waals surface area contributed by atoms with Gasteiger partial charge in [0.25, 0.3) is 0 Å². The second-order valence-electron chi connectivity index (χ2n) is 6.26. The molecule has 3 N–H and O–H groups in total. The highest BCUT2D eigenvalue weighted by Crippen LogP contribution is 2.28. The quantitative estimate of drug-likeness (QED) is 0.382. The van der Waals surface area contributed by atoms with Crippen LogP contribution in [0.15, 0.2) is 35.1 Å². The van der Waals surface area contributed by atoms with Gasteiger partial charge in [-0.25, -0.2) is 4.98 Å². The van der Waals surface area contributed by atoms with E-state index in [4.69, 9.17) is 5.11 Å². The number of benzene rings is 1. The predicted octanol–water partition coefficient (Wildman–Crippen LogP) is 3.58. The lowest BCUT2D eigenvalue weighted by molar-refractivity contribution is 0.292. The number of rotatable bonds is 8. The van der Waals surface area contributed by atoms with Crippen LogP contribution in [0.4, 0.5) is 11.8 Å². The van der Waals surface area contributed by atoms with Crippen LogP contribution in [0.2, 0.25) is 0 Å². The zero-order chi connectivity index (χ0) is 18.5. The van der Waals surface area contributed by atoms with Gasteiger partial charge >= 0.3 is 0 Å². The molecule has 3 rings (SSSR count). The molecule has 2 heterocycles. The number of aromatic nitrogens is 4. The van der Waals surface area contributed by atoms with Gasteiger partial charge in [-0.3, -0.25) is 0 Å². The lowest BCUT2D eigenvalue weighted by Gasteiger charge is -2.12. The third-order valence-corrected chi connectivity index (χ3v) is 4.49. The second-order valence-corrected chi connectivity index (χ2v) is 6.96. The summed E-state index contributed by atoms with van der Waals surface area (Å²) < 4.78 is 2.76. The number of anilines is 2. The van der Waals surface area contributed by atoms with Gasteiger partial charge < -0.3 is 20.3 Å². The van der Waals surface area contributed by atoms with Crippen molar-refractivity contribution in [3.63, 3.8) is 0 Å². The van der Waals surface area contributed by atoms with Crippen LogP contribution in [-0.4, -0.2) is 37.8 Å². The maximum atomic E-state index is 8.99. The number of halogens is 1. The van der Waals surface area contributed by atoms with Gasteiger partial charge in [0.2, 0.25) is 5.95 Å². The Labute approximate surface area is 161 Å². The summed E-state index contributed by atoms with van der Waals surface area (Å²) >= 11 is 3.53. The van der Waals surface area contributed by atoms with E-state index in [1.807, 2.05) is 22.8 Å². The lowest BCUT2D eigenvalue weighted by atomic mass is 10.2. The van der Waals surface area contributed by atoms with Crippen molar-refractivity contribution in [3.05, 3.63) is 40.6 Å². The van der Waals surface area contributed by atoms with Gasteiger partial charge in [0.05, 0.1) is 0 Å². The monoisotopic (exact) mass is 418 g/mol. The Morgan fingerprint density at radius 3 is 2.58 bits per heavy atom. The van der Waals surface area contributed by atoms with Crippen molar-refractivity contribution in [2.24, 2.45) is 0 Å². The minimum atomic E-state index is 0.129. The minimum absolute atomic E-state index is 0.129.